The lowest BCUT2D eigenvalue weighted by Gasteiger charge is -2.08. The molecule has 0 saturated carbocycles. The van der Waals surface area contributed by atoms with Crippen LogP contribution in [-0.2, 0) is 0 Å². The Kier molecular flexibility index (Phi) is 4.21. The molecule has 0 N–H and O–H groups in total. The maximum atomic E-state index is 12.3. The van der Waals surface area contributed by atoms with Crippen molar-refractivity contribution in [2.24, 2.45) is 0 Å². The van der Waals surface area contributed by atoms with E-state index in [1.807, 2.05) is 6.07 Å². The number of carbonyl (C=O) groups excluding carboxylic acids is 1. The van der Waals surface area contributed by atoms with Crippen LogP contribution >= 0.6 is 23.2 Å². The molecule has 0 aliphatic carbocycles. The summed E-state index contributed by atoms with van der Waals surface area (Å²) in [5.41, 5.74) is 1.10. The van der Waals surface area contributed by atoms with Crippen molar-refractivity contribution in [3.8, 4) is 6.07 Å². The zero-order valence-corrected chi connectivity index (χ0v) is 11.3. The lowest BCUT2D eigenvalue weighted by Crippen LogP contribution is -2.11. The Bertz CT molecular complexity index is 627. The number of ketones is 1. The first kappa shape index (κ1) is 13.6. The molecular weight excluding hydrogens is 281 g/mol. The van der Waals surface area contributed by atoms with E-state index in [0.29, 0.717) is 21.2 Å². The maximum absolute atomic E-state index is 12.3. The summed E-state index contributed by atoms with van der Waals surface area (Å²) in [7, 11) is 0. The van der Waals surface area contributed by atoms with Gasteiger partial charge in [0, 0.05) is 15.6 Å². The third-order valence-corrected chi connectivity index (χ3v) is 3.23. The second-order valence-corrected chi connectivity index (χ2v) is 4.86. The Morgan fingerprint density at radius 2 is 1.42 bits per heavy atom. The maximum Gasteiger partial charge on any atom is 0.184 e. The minimum absolute atomic E-state index is 0.249. The zero-order chi connectivity index (χ0) is 13.8. The average molecular weight is 290 g/mol. The molecule has 1 atom stereocenters. The molecule has 0 amide bonds. The second-order valence-electron chi connectivity index (χ2n) is 3.98. The Labute approximate surface area is 121 Å². The van der Waals surface area contributed by atoms with E-state index in [9.17, 15) is 10.1 Å². The highest BCUT2D eigenvalue weighted by Gasteiger charge is 2.21. The predicted molar refractivity (Wildman–Crippen MR) is 75.6 cm³/mol. The predicted octanol–water partition coefficient (Wildman–Crippen LogP) is 4.48. The number of rotatable bonds is 3. The summed E-state index contributed by atoms with van der Waals surface area (Å²) >= 11 is 11.6. The van der Waals surface area contributed by atoms with Crippen molar-refractivity contribution in [3.63, 3.8) is 0 Å². The summed E-state index contributed by atoms with van der Waals surface area (Å²) < 4.78 is 0. The lowest BCUT2D eigenvalue weighted by atomic mass is 9.92. The molecule has 0 heterocycles. The molecule has 0 aromatic heterocycles. The van der Waals surface area contributed by atoms with Crippen LogP contribution in [0.25, 0.3) is 0 Å². The molecule has 0 aliphatic rings. The molecule has 0 saturated heterocycles. The summed E-state index contributed by atoms with van der Waals surface area (Å²) in [5.74, 6) is -1.08. The van der Waals surface area contributed by atoms with Gasteiger partial charge >= 0.3 is 0 Å². The molecule has 0 bridgehead atoms. The van der Waals surface area contributed by atoms with E-state index in [2.05, 4.69) is 0 Å². The number of carbonyl (C=O) groups is 1. The van der Waals surface area contributed by atoms with Gasteiger partial charge in [0.05, 0.1) is 6.07 Å². The van der Waals surface area contributed by atoms with E-state index >= 15 is 0 Å². The number of nitrogens with zero attached hydrogens (tertiary/aromatic N) is 1. The minimum atomic E-state index is -0.835. The van der Waals surface area contributed by atoms with Gasteiger partial charge in [0.25, 0.3) is 0 Å². The summed E-state index contributed by atoms with van der Waals surface area (Å²) in [6.07, 6.45) is 0. The fourth-order valence-corrected chi connectivity index (χ4v) is 1.97. The Hall–Kier alpha value is -1.82. The van der Waals surface area contributed by atoms with Crippen molar-refractivity contribution in [3.05, 3.63) is 69.7 Å². The summed E-state index contributed by atoms with van der Waals surface area (Å²) in [6.45, 7) is 0. The van der Waals surface area contributed by atoms with Gasteiger partial charge in [-0.05, 0) is 42.0 Å². The van der Waals surface area contributed by atoms with Gasteiger partial charge in [0.1, 0.15) is 5.92 Å². The van der Waals surface area contributed by atoms with Crippen LogP contribution in [-0.4, -0.2) is 5.78 Å². The summed E-state index contributed by atoms with van der Waals surface area (Å²) in [6, 6.07) is 15.2. The van der Waals surface area contributed by atoms with Crippen LogP contribution in [0.3, 0.4) is 0 Å². The standard InChI is InChI=1S/C15H9Cl2NO/c16-12-5-1-10(2-6-12)14(9-18)15(19)11-3-7-13(17)8-4-11/h1-8,14H. The van der Waals surface area contributed by atoms with Gasteiger partial charge in [-0.1, -0.05) is 35.3 Å². The second kappa shape index (κ2) is 5.88. The highest BCUT2D eigenvalue weighted by molar-refractivity contribution is 6.31. The third-order valence-electron chi connectivity index (χ3n) is 2.72. The van der Waals surface area contributed by atoms with Crippen LogP contribution < -0.4 is 0 Å². The molecule has 1 unspecified atom stereocenters. The van der Waals surface area contributed by atoms with Gasteiger partial charge in [-0.3, -0.25) is 4.79 Å². The van der Waals surface area contributed by atoms with Gasteiger partial charge < -0.3 is 0 Å². The third kappa shape index (κ3) is 3.14. The number of halogens is 2. The highest BCUT2D eigenvalue weighted by Crippen LogP contribution is 2.23. The molecule has 94 valence electrons. The lowest BCUT2D eigenvalue weighted by molar-refractivity contribution is 0.0979. The first-order valence-electron chi connectivity index (χ1n) is 5.56. The van der Waals surface area contributed by atoms with Crippen molar-refractivity contribution in [2.75, 3.05) is 0 Å². The molecule has 0 aliphatic heterocycles. The van der Waals surface area contributed by atoms with E-state index in [-0.39, 0.29) is 5.78 Å². The van der Waals surface area contributed by atoms with Gasteiger partial charge in [-0.2, -0.15) is 5.26 Å². The van der Waals surface area contributed by atoms with Gasteiger partial charge in [-0.15, -0.1) is 0 Å². The molecule has 0 fully saturated rings. The first-order valence-corrected chi connectivity index (χ1v) is 6.32. The van der Waals surface area contributed by atoms with Crippen molar-refractivity contribution in [2.45, 2.75) is 5.92 Å². The smallest absolute Gasteiger partial charge is 0.184 e. The Balaban J connectivity index is 2.32. The largest absolute Gasteiger partial charge is 0.292 e. The number of benzene rings is 2. The van der Waals surface area contributed by atoms with Crippen molar-refractivity contribution in [1.82, 2.24) is 0 Å². The number of hydrogen-bond acceptors (Lipinski definition) is 2. The molecule has 2 rings (SSSR count). The fraction of sp³-hybridized carbons (Fsp3) is 0.0667. The normalized spacial score (nSPS) is 11.6. The number of Topliss-reactive ketones (excluding diaryl/α,β-unsaturated/α-hetero) is 1. The minimum Gasteiger partial charge on any atom is -0.292 e. The molecule has 4 heteroatoms. The van der Waals surface area contributed by atoms with E-state index in [4.69, 9.17) is 23.2 Å². The zero-order valence-electron chi connectivity index (χ0n) is 9.81. The molecule has 2 aromatic carbocycles. The van der Waals surface area contributed by atoms with E-state index in [0.717, 1.165) is 0 Å². The van der Waals surface area contributed by atoms with Crippen molar-refractivity contribution >= 4 is 29.0 Å². The molecule has 0 radical (unpaired) electrons. The van der Waals surface area contributed by atoms with Crippen molar-refractivity contribution < 1.29 is 4.79 Å². The Morgan fingerprint density at radius 3 is 1.89 bits per heavy atom. The summed E-state index contributed by atoms with van der Waals surface area (Å²) in [5, 5.41) is 10.3. The average Bonchev–Trinajstić information content (AvgIpc) is 2.42. The Morgan fingerprint density at radius 1 is 0.947 bits per heavy atom. The van der Waals surface area contributed by atoms with Crippen LogP contribution in [0.5, 0.6) is 0 Å². The van der Waals surface area contributed by atoms with Gasteiger partial charge in [0.2, 0.25) is 0 Å². The van der Waals surface area contributed by atoms with Crippen LogP contribution in [0.4, 0.5) is 0 Å². The number of nitriles is 1. The van der Waals surface area contributed by atoms with Crippen LogP contribution in [0.15, 0.2) is 48.5 Å². The van der Waals surface area contributed by atoms with E-state index < -0.39 is 5.92 Å². The number of hydrogen-bond donors (Lipinski definition) is 0. The molecule has 0 spiro atoms. The molecular formula is C15H9Cl2NO. The molecule has 19 heavy (non-hydrogen) atoms. The van der Waals surface area contributed by atoms with E-state index in [1.54, 1.807) is 48.5 Å². The molecule has 2 nitrogen and oxygen atoms in total. The van der Waals surface area contributed by atoms with Crippen LogP contribution in [0, 0.1) is 11.3 Å². The fourth-order valence-electron chi connectivity index (χ4n) is 1.72. The topological polar surface area (TPSA) is 40.9 Å². The monoisotopic (exact) mass is 289 g/mol. The summed E-state index contributed by atoms with van der Waals surface area (Å²) in [4.78, 5) is 12.3. The van der Waals surface area contributed by atoms with Crippen LogP contribution in [0.1, 0.15) is 21.8 Å². The SMILES string of the molecule is N#CC(C(=O)c1ccc(Cl)cc1)c1ccc(Cl)cc1. The quantitative estimate of drug-likeness (QED) is 0.782. The van der Waals surface area contributed by atoms with Crippen LogP contribution in [0.2, 0.25) is 10.0 Å². The van der Waals surface area contributed by atoms with Gasteiger partial charge in [0.15, 0.2) is 5.78 Å². The van der Waals surface area contributed by atoms with E-state index in [1.165, 1.54) is 0 Å². The molecule has 2 aromatic rings. The van der Waals surface area contributed by atoms with Gasteiger partial charge in [-0.25, -0.2) is 0 Å². The first-order chi connectivity index (χ1) is 9.11. The highest BCUT2D eigenvalue weighted by atomic mass is 35.5. The van der Waals surface area contributed by atoms with Crippen molar-refractivity contribution in [1.29, 1.82) is 5.26 Å².